The van der Waals surface area contributed by atoms with Gasteiger partial charge in [0.05, 0.1) is 6.04 Å². The van der Waals surface area contributed by atoms with Gasteiger partial charge in [-0.05, 0) is 42.5 Å². The lowest BCUT2D eigenvalue weighted by molar-refractivity contribution is -0.135. The van der Waals surface area contributed by atoms with Gasteiger partial charge < -0.3 is 10.2 Å². The van der Waals surface area contributed by atoms with E-state index in [1.54, 1.807) is 0 Å². The van der Waals surface area contributed by atoms with Gasteiger partial charge in [-0.25, -0.2) is 0 Å². The molecule has 37 heavy (non-hydrogen) atoms. The van der Waals surface area contributed by atoms with Crippen LogP contribution in [0, 0.1) is 5.92 Å². The van der Waals surface area contributed by atoms with E-state index in [-0.39, 0.29) is 36.1 Å². The number of halogens is 1. The number of hydrogen-bond acceptors (Lipinski definition) is 5. The molecule has 8 heteroatoms. The summed E-state index contributed by atoms with van der Waals surface area (Å²) in [5.74, 6) is 0.106. The summed E-state index contributed by atoms with van der Waals surface area (Å²) in [6.45, 7) is 2.36. The van der Waals surface area contributed by atoms with E-state index in [0.29, 0.717) is 11.7 Å². The molecule has 1 aliphatic rings. The van der Waals surface area contributed by atoms with E-state index in [9.17, 15) is 9.59 Å². The molecule has 1 fully saturated rings. The molecule has 4 aromatic rings. The van der Waals surface area contributed by atoms with Gasteiger partial charge in [0.15, 0.2) is 0 Å². The maximum absolute atomic E-state index is 13.6. The molecule has 3 atom stereocenters. The molecule has 1 N–H and O–H groups in total. The van der Waals surface area contributed by atoms with Crippen molar-refractivity contribution in [2.75, 3.05) is 11.9 Å². The highest BCUT2D eigenvalue weighted by molar-refractivity contribution is 9.10. The van der Waals surface area contributed by atoms with E-state index in [2.05, 4.69) is 43.6 Å². The van der Waals surface area contributed by atoms with Gasteiger partial charge in [0.25, 0.3) is 0 Å². The van der Waals surface area contributed by atoms with Crippen LogP contribution in [0.3, 0.4) is 0 Å². The first kappa shape index (κ1) is 25.3. The van der Waals surface area contributed by atoms with Gasteiger partial charge in [0.1, 0.15) is 5.01 Å². The van der Waals surface area contributed by atoms with Gasteiger partial charge in [-0.15, -0.1) is 10.2 Å². The van der Waals surface area contributed by atoms with Gasteiger partial charge in [-0.1, -0.05) is 100 Å². The van der Waals surface area contributed by atoms with Crippen LogP contribution in [0.25, 0.3) is 10.6 Å². The number of nitrogens with one attached hydrogen (secondary N) is 1. The minimum absolute atomic E-state index is 0.0486. The molecule has 0 unspecified atom stereocenters. The third-order valence-corrected chi connectivity index (χ3v) is 8.07. The predicted octanol–water partition coefficient (Wildman–Crippen LogP) is 6.69. The Hall–Kier alpha value is -3.36. The Bertz CT molecular complexity index is 1380. The fourth-order valence-electron chi connectivity index (χ4n) is 4.57. The van der Waals surface area contributed by atoms with Crippen LogP contribution in [-0.2, 0) is 9.59 Å². The van der Waals surface area contributed by atoms with Crippen molar-refractivity contribution in [1.29, 1.82) is 0 Å². The number of carbonyl (C=O) groups is 2. The zero-order chi connectivity index (χ0) is 25.8. The summed E-state index contributed by atoms with van der Waals surface area (Å²) in [6.07, 6.45) is 1.02. The van der Waals surface area contributed by atoms with Crippen molar-refractivity contribution >= 4 is 44.2 Å². The second-order valence-corrected chi connectivity index (χ2v) is 11.1. The Kier molecular flexibility index (Phi) is 7.76. The molecule has 0 bridgehead atoms. The number of benzene rings is 3. The average molecular weight is 576 g/mol. The summed E-state index contributed by atoms with van der Waals surface area (Å²) in [6, 6.07) is 27.8. The van der Waals surface area contributed by atoms with Crippen molar-refractivity contribution in [3.63, 3.8) is 0 Å². The van der Waals surface area contributed by atoms with Gasteiger partial charge >= 0.3 is 0 Å². The summed E-state index contributed by atoms with van der Waals surface area (Å²) in [5, 5.41) is 12.4. The molecule has 1 heterocycles. The van der Waals surface area contributed by atoms with E-state index in [4.69, 9.17) is 0 Å². The highest BCUT2D eigenvalue weighted by Gasteiger charge is 2.46. The molecule has 1 aromatic heterocycles. The summed E-state index contributed by atoms with van der Waals surface area (Å²) in [7, 11) is 0. The molecule has 1 aliphatic carbocycles. The number of rotatable bonds is 9. The fraction of sp³-hybridized carbons (Fsp3) is 0.241. The fourth-order valence-corrected chi connectivity index (χ4v) is 5.73. The first-order valence-electron chi connectivity index (χ1n) is 12.3. The van der Waals surface area contributed by atoms with E-state index < -0.39 is 0 Å². The van der Waals surface area contributed by atoms with Crippen LogP contribution < -0.4 is 5.32 Å². The average Bonchev–Trinajstić information content (AvgIpc) is 3.60. The number of amides is 2. The molecule has 1 saturated carbocycles. The second-order valence-electron chi connectivity index (χ2n) is 9.20. The zero-order valence-electron chi connectivity index (χ0n) is 20.4. The minimum atomic E-state index is -0.189. The lowest BCUT2D eigenvalue weighted by Crippen LogP contribution is -2.37. The second kappa shape index (κ2) is 11.4. The summed E-state index contributed by atoms with van der Waals surface area (Å²) in [5.41, 5.74) is 3.18. The van der Waals surface area contributed by atoms with Crippen LogP contribution >= 0.6 is 27.3 Å². The van der Waals surface area contributed by atoms with Gasteiger partial charge in [0, 0.05) is 28.9 Å². The third kappa shape index (κ3) is 6.14. The van der Waals surface area contributed by atoms with Crippen molar-refractivity contribution in [1.82, 2.24) is 15.1 Å². The molecular weight excluding hydrogens is 548 g/mol. The molecule has 5 rings (SSSR count). The third-order valence-electron chi connectivity index (χ3n) is 6.69. The number of hydrogen-bond donors (Lipinski definition) is 1. The maximum Gasteiger partial charge on any atom is 0.227 e. The molecule has 188 valence electrons. The quantitative estimate of drug-likeness (QED) is 0.241. The van der Waals surface area contributed by atoms with Crippen molar-refractivity contribution < 1.29 is 9.59 Å². The molecule has 2 amide bonds. The number of carbonyl (C=O) groups excluding carboxylic acids is 2. The Labute approximate surface area is 228 Å². The molecule has 3 aromatic carbocycles. The van der Waals surface area contributed by atoms with Crippen LogP contribution in [0.2, 0.25) is 0 Å². The standard InChI is InChI=1S/C29H27BrN4O2S/c1-19(20-9-4-2-5-10-20)34(28(36)25-18-24(25)21-11-6-3-7-12-21)16-15-26(35)31-29-33-32-27(37-29)22-13-8-14-23(30)17-22/h2-14,17,19,24-25H,15-16,18H2,1H3,(H,31,33,35)/t19-,24+,25+/m1/s1. The molecule has 0 radical (unpaired) electrons. The molecule has 6 nitrogen and oxygen atoms in total. The first-order valence-corrected chi connectivity index (χ1v) is 13.9. The number of nitrogens with zero attached hydrogens (tertiary/aromatic N) is 3. The van der Waals surface area contributed by atoms with Crippen molar-refractivity contribution in [3.05, 3.63) is 101 Å². The van der Waals surface area contributed by atoms with E-state index in [1.807, 2.05) is 84.6 Å². The highest BCUT2D eigenvalue weighted by atomic mass is 79.9. The Morgan fingerprint density at radius 1 is 1.03 bits per heavy atom. The SMILES string of the molecule is C[C@H](c1ccccc1)N(CCC(=O)Nc1nnc(-c2cccc(Br)c2)s1)C(=O)[C@H]1C[C@H]1c1ccccc1. The predicted molar refractivity (Wildman–Crippen MR) is 150 cm³/mol. The zero-order valence-corrected chi connectivity index (χ0v) is 22.8. The van der Waals surface area contributed by atoms with E-state index in [0.717, 1.165) is 27.0 Å². The summed E-state index contributed by atoms with van der Waals surface area (Å²) in [4.78, 5) is 28.3. The van der Waals surface area contributed by atoms with Gasteiger partial charge in [0.2, 0.25) is 16.9 Å². The van der Waals surface area contributed by atoms with Crippen molar-refractivity contribution in [2.24, 2.45) is 5.92 Å². The molecule has 0 aliphatic heterocycles. The van der Waals surface area contributed by atoms with Crippen molar-refractivity contribution in [3.8, 4) is 10.6 Å². The van der Waals surface area contributed by atoms with Gasteiger partial charge in [-0.3, -0.25) is 9.59 Å². The number of anilines is 1. The number of aromatic nitrogens is 2. The minimum Gasteiger partial charge on any atom is -0.335 e. The molecular formula is C29H27BrN4O2S. The topological polar surface area (TPSA) is 75.2 Å². The van der Waals surface area contributed by atoms with Crippen LogP contribution in [0.15, 0.2) is 89.4 Å². The Morgan fingerprint density at radius 3 is 2.49 bits per heavy atom. The molecule has 0 spiro atoms. The first-order chi connectivity index (χ1) is 18.0. The largest absolute Gasteiger partial charge is 0.335 e. The van der Waals surface area contributed by atoms with Crippen LogP contribution in [0.5, 0.6) is 0 Å². The lowest BCUT2D eigenvalue weighted by Gasteiger charge is -2.30. The highest BCUT2D eigenvalue weighted by Crippen LogP contribution is 2.49. The maximum atomic E-state index is 13.6. The summed E-state index contributed by atoms with van der Waals surface area (Å²) < 4.78 is 0.952. The van der Waals surface area contributed by atoms with Crippen LogP contribution in [0.1, 0.15) is 42.9 Å². The monoisotopic (exact) mass is 574 g/mol. The van der Waals surface area contributed by atoms with Crippen LogP contribution in [0.4, 0.5) is 5.13 Å². The van der Waals surface area contributed by atoms with Crippen LogP contribution in [-0.4, -0.2) is 33.5 Å². The molecule has 0 saturated heterocycles. The van der Waals surface area contributed by atoms with E-state index >= 15 is 0 Å². The Morgan fingerprint density at radius 2 is 1.76 bits per heavy atom. The lowest BCUT2D eigenvalue weighted by atomic mass is 10.0. The normalized spacial score (nSPS) is 17.1. The summed E-state index contributed by atoms with van der Waals surface area (Å²) >= 11 is 4.79. The smallest absolute Gasteiger partial charge is 0.227 e. The van der Waals surface area contributed by atoms with E-state index in [1.165, 1.54) is 16.9 Å². The Balaban J connectivity index is 1.25. The van der Waals surface area contributed by atoms with Gasteiger partial charge in [-0.2, -0.15) is 0 Å². The van der Waals surface area contributed by atoms with Crippen molar-refractivity contribution in [2.45, 2.75) is 31.7 Å².